The van der Waals surface area contributed by atoms with Crippen molar-refractivity contribution in [1.29, 1.82) is 0 Å². The summed E-state index contributed by atoms with van der Waals surface area (Å²) in [6.07, 6.45) is 3.35. The number of rotatable bonds is 2. The van der Waals surface area contributed by atoms with Crippen molar-refractivity contribution in [2.45, 2.75) is 5.54 Å². The summed E-state index contributed by atoms with van der Waals surface area (Å²) in [4.78, 5) is 13.2. The first kappa shape index (κ1) is 16.1. The van der Waals surface area contributed by atoms with Gasteiger partial charge in [-0.3, -0.25) is 0 Å². The van der Waals surface area contributed by atoms with Crippen LogP contribution in [0.2, 0.25) is 0 Å². The summed E-state index contributed by atoms with van der Waals surface area (Å²) in [5.41, 5.74) is 6.60. The molecule has 27 heavy (non-hydrogen) atoms. The van der Waals surface area contributed by atoms with Gasteiger partial charge in [-0.25, -0.2) is 15.0 Å². The predicted octanol–water partition coefficient (Wildman–Crippen LogP) is 3.73. The van der Waals surface area contributed by atoms with E-state index in [1.807, 2.05) is 36.4 Å². The first-order chi connectivity index (χ1) is 13.1. The van der Waals surface area contributed by atoms with Gasteiger partial charge in [0.25, 0.3) is 6.02 Å². The van der Waals surface area contributed by atoms with Crippen molar-refractivity contribution in [3.8, 4) is 23.3 Å². The van der Waals surface area contributed by atoms with Gasteiger partial charge in [0.15, 0.2) is 5.54 Å². The summed E-state index contributed by atoms with van der Waals surface area (Å²) in [5.74, 6) is 2.22. The van der Waals surface area contributed by atoms with Crippen LogP contribution < -0.4 is 15.2 Å². The first-order valence-corrected chi connectivity index (χ1v) is 8.99. The fraction of sp³-hybridized carbons (Fsp3) is 0.105. The Morgan fingerprint density at radius 3 is 2.81 bits per heavy atom. The zero-order valence-corrected chi connectivity index (χ0v) is 15.5. The number of ether oxygens (including phenoxy) is 3. The van der Waals surface area contributed by atoms with Crippen molar-refractivity contribution in [2.75, 3.05) is 6.61 Å². The fourth-order valence-corrected chi connectivity index (χ4v) is 3.60. The lowest BCUT2D eigenvalue weighted by Gasteiger charge is -2.32. The molecule has 2 aliphatic heterocycles. The molecule has 1 spiro atoms. The summed E-state index contributed by atoms with van der Waals surface area (Å²) in [6, 6.07) is 13.0. The molecular formula is C19H13BrN4O3. The summed E-state index contributed by atoms with van der Waals surface area (Å²) in [7, 11) is 0. The molecule has 0 unspecified atom stereocenters. The number of hydrogen-bond acceptors (Lipinski definition) is 7. The molecule has 0 fully saturated rings. The zero-order valence-electron chi connectivity index (χ0n) is 13.9. The van der Waals surface area contributed by atoms with Crippen molar-refractivity contribution >= 4 is 22.0 Å². The van der Waals surface area contributed by atoms with E-state index < -0.39 is 5.54 Å². The number of amidine groups is 1. The quantitative estimate of drug-likeness (QED) is 0.673. The normalized spacial score (nSPS) is 19.5. The molecule has 2 N–H and O–H groups in total. The molecule has 0 aliphatic carbocycles. The SMILES string of the molecule is NC1=N[C@@]2(CO1)c1cc(Oc3ccccn3)ccc1Oc1ncc(Br)cc12. The van der Waals surface area contributed by atoms with Crippen molar-refractivity contribution in [3.63, 3.8) is 0 Å². The molecule has 4 heterocycles. The first-order valence-electron chi connectivity index (χ1n) is 8.19. The molecule has 0 bridgehead atoms. The fourth-order valence-electron chi connectivity index (χ4n) is 3.27. The van der Waals surface area contributed by atoms with Crippen LogP contribution in [0.5, 0.6) is 23.3 Å². The highest BCUT2D eigenvalue weighted by atomic mass is 79.9. The molecule has 0 radical (unpaired) electrons. The molecule has 0 amide bonds. The molecular weight excluding hydrogens is 412 g/mol. The molecule has 8 heteroatoms. The summed E-state index contributed by atoms with van der Waals surface area (Å²) < 4.78 is 18.2. The van der Waals surface area contributed by atoms with Crippen LogP contribution >= 0.6 is 15.9 Å². The highest BCUT2D eigenvalue weighted by molar-refractivity contribution is 9.10. The third kappa shape index (κ3) is 2.60. The van der Waals surface area contributed by atoms with Gasteiger partial charge in [0, 0.05) is 28.5 Å². The Morgan fingerprint density at radius 1 is 1.11 bits per heavy atom. The monoisotopic (exact) mass is 424 g/mol. The number of fused-ring (bicyclic) bond motifs is 4. The maximum Gasteiger partial charge on any atom is 0.283 e. The topological polar surface area (TPSA) is 91.9 Å². The molecule has 134 valence electrons. The highest BCUT2D eigenvalue weighted by Gasteiger charge is 2.47. The van der Waals surface area contributed by atoms with E-state index in [0.29, 0.717) is 23.3 Å². The highest BCUT2D eigenvalue weighted by Crippen LogP contribution is 2.51. The largest absolute Gasteiger partial charge is 0.462 e. The Bertz CT molecular complexity index is 1070. The minimum atomic E-state index is -0.840. The molecule has 0 saturated heterocycles. The number of halogens is 1. The van der Waals surface area contributed by atoms with Crippen LogP contribution in [0.3, 0.4) is 0 Å². The van der Waals surface area contributed by atoms with Crippen molar-refractivity contribution in [2.24, 2.45) is 10.7 Å². The van der Waals surface area contributed by atoms with Gasteiger partial charge in [-0.15, -0.1) is 0 Å². The molecule has 1 aromatic carbocycles. The van der Waals surface area contributed by atoms with E-state index in [9.17, 15) is 0 Å². The van der Waals surface area contributed by atoms with E-state index >= 15 is 0 Å². The standard InChI is InChI=1S/C19H13BrN4O3/c20-11-7-14-17(23-9-11)27-15-5-4-12(26-16-3-1-2-6-22-16)8-13(15)19(14)10-25-18(21)24-19/h1-9H,10H2,(H2,21,24)/t19-/m0/s1. The number of benzene rings is 1. The summed E-state index contributed by atoms with van der Waals surface area (Å²) >= 11 is 3.46. The maximum atomic E-state index is 5.99. The molecule has 5 rings (SSSR count). The molecule has 2 aliphatic rings. The second-order valence-corrected chi connectivity index (χ2v) is 7.05. The van der Waals surface area contributed by atoms with Gasteiger partial charge in [0.05, 0.1) is 5.56 Å². The second kappa shape index (κ2) is 5.95. The lowest BCUT2D eigenvalue weighted by molar-refractivity contribution is 0.262. The van der Waals surface area contributed by atoms with Crippen LogP contribution in [0.15, 0.2) is 64.3 Å². The van der Waals surface area contributed by atoms with Crippen LogP contribution in [0.1, 0.15) is 11.1 Å². The Labute approximate surface area is 163 Å². The number of aliphatic imine (C=N–C) groups is 1. The minimum Gasteiger partial charge on any atom is -0.462 e. The Balaban J connectivity index is 1.66. The molecule has 2 aromatic heterocycles. The van der Waals surface area contributed by atoms with E-state index in [1.54, 1.807) is 18.5 Å². The summed E-state index contributed by atoms with van der Waals surface area (Å²) in [5, 5.41) is 0. The number of hydrogen-bond donors (Lipinski definition) is 1. The maximum absolute atomic E-state index is 5.99. The summed E-state index contributed by atoms with van der Waals surface area (Å²) in [6.45, 7) is 0.257. The lowest BCUT2D eigenvalue weighted by atomic mass is 9.82. The lowest BCUT2D eigenvalue weighted by Crippen LogP contribution is -2.31. The molecule has 1 atom stereocenters. The molecule has 3 aromatic rings. The second-order valence-electron chi connectivity index (χ2n) is 6.14. The van der Waals surface area contributed by atoms with Gasteiger partial charge < -0.3 is 19.9 Å². The number of nitrogens with zero attached hydrogens (tertiary/aromatic N) is 3. The van der Waals surface area contributed by atoms with Gasteiger partial charge in [-0.1, -0.05) is 6.07 Å². The smallest absolute Gasteiger partial charge is 0.283 e. The number of pyridine rings is 2. The average molecular weight is 425 g/mol. The van der Waals surface area contributed by atoms with E-state index in [-0.39, 0.29) is 12.6 Å². The van der Waals surface area contributed by atoms with E-state index in [0.717, 1.165) is 15.6 Å². The van der Waals surface area contributed by atoms with Crippen molar-refractivity contribution in [3.05, 3.63) is 70.5 Å². The van der Waals surface area contributed by atoms with Crippen LogP contribution in [-0.2, 0) is 10.3 Å². The van der Waals surface area contributed by atoms with Gasteiger partial charge in [0.1, 0.15) is 18.1 Å². The Hall–Kier alpha value is -3.13. The van der Waals surface area contributed by atoms with Crippen LogP contribution in [0, 0.1) is 0 Å². The third-order valence-corrected chi connectivity index (χ3v) is 4.89. The Morgan fingerprint density at radius 2 is 2.04 bits per heavy atom. The zero-order chi connectivity index (χ0) is 18.4. The van der Waals surface area contributed by atoms with E-state index in [1.165, 1.54) is 0 Å². The molecule has 0 saturated carbocycles. The van der Waals surface area contributed by atoms with Gasteiger partial charge in [-0.2, -0.15) is 0 Å². The predicted molar refractivity (Wildman–Crippen MR) is 101 cm³/mol. The molecule has 7 nitrogen and oxygen atoms in total. The third-order valence-electron chi connectivity index (χ3n) is 4.46. The Kier molecular flexibility index (Phi) is 3.54. The van der Waals surface area contributed by atoms with Crippen LogP contribution in [-0.4, -0.2) is 22.6 Å². The van der Waals surface area contributed by atoms with Crippen LogP contribution in [0.25, 0.3) is 0 Å². The van der Waals surface area contributed by atoms with Gasteiger partial charge >= 0.3 is 0 Å². The average Bonchev–Trinajstić information content (AvgIpc) is 3.07. The van der Waals surface area contributed by atoms with Gasteiger partial charge in [0.2, 0.25) is 11.8 Å². The minimum absolute atomic E-state index is 0.129. The van der Waals surface area contributed by atoms with Crippen LogP contribution in [0.4, 0.5) is 0 Å². The van der Waals surface area contributed by atoms with E-state index in [2.05, 4.69) is 30.9 Å². The van der Waals surface area contributed by atoms with Gasteiger partial charge in [-0.05, 0) is 46.3 Å². The number of nitrogens with two attached hydrogens (primary N) is 1. The van der Waals surface area contributed by atoms with Crippen molar-refractivity contribution < 1.29 is 14.2 Å². The van der Waals surface area contributed by atoms with Crippen molar-refractivity contribution in [1.82, 2.24) is 9.97 Å². The number of aromatic nitrogens is 2. The van der Waals surface area contributed by atoms with E-state index in [4.69, 9.17) is 19.9 Å².